The number of nitrogens with one attached hydrogen (secondary N) is 1. The van der Waals surface area contributed by atoms with Crippen LogP contribution in [0.5, 0.6) is 0 Å². The molecular formula is C13H12F3IN4O2. The molecule has 6 nitrogen and oxygen atoms in total. The van der Waals surface area contributed by atoms with E-state index in [1.807, 2.05) is 22.6 Å². The summed E-state index contributed by atoms with van der Waals surface area (Å²) in [5, 5.41) is 5.81. The molecule has 1 N–H and O–H groups in total. The van der Waals surface area contributed by atoms with Crippen molar-refractivity contribution >= 4 is 28.5 Å². The lowest BCUT2D eigenvalue weighted by molar-refractivity contribution is -0.147. The van der Waals surface area contributed by atoms with Crippen LogP contribution in [0.4, 0.5) is 13.2 Å². The van der Waals surface area contributed by atoms with Gasteiger partial charge < -0.3 is 5.32 Å². The van der Waals surface area contributed by atoms with Crippen molar-refractivity contribution in [3.63, 3.8) is 0 Å². The molecule has 0 aliphatic heterocycles. The van der Waals surface area contributed by atoms with Gasteiger partial charge >= 0.3 is 11.9 Å². The van der Waals surface area contributed by atoms with Crippen molar-refractivity contribution in [3.05, 3.63) is 49.7 Å². The predicted molar refractivity (Wildman–Crippen MR) is 84.0 cm³/mol. The molecule has 2 aromatic rings. The molecule has 0 fully saturated rings. The Morgan fingerprint density at radius 2 is 2.00 bits per heavy atom. The molecular weight excluding hydrogens is 428 g/mol. The second-order valence-electron chi connectivity index (χ2n) is 4.62. The summed E-state index contributed by atoms with van der Waals surface area (Å²) in [6.07, 6.45) is -4.71. The van der Waals surface area contributed by atoms with Gasteiger partial charge in [-0.15, -0.1) is 5.10 Å². The van der Waals surface area contributed by atoms with Crippen molar-refractivity contribution in [2.75, 3.05) is 6.54 Å². The number of aromatic nitrogens is 3. The first-order valence-corrected chi connectivity index (χ1v) is 7.53. The Kier molecular flexibility index (Phi) is 5.12. The number of carbonyl (C=O) groups is 1. The second kappa shape index (κ2) is 6.72. The highest BCUT2D eigenvalue weighted by molar-refractivity contribution is 14.1. The lowest BCUT2D eigenvalue weighted by atomic mass is 10.2. The minimum Gasteiger partial charge on any atom is -0.350 e. The van der Waals surface area contributed by atoms with Crippen LogP contribution in [-0.4, -0.2) is 26.8 Å². The van der Waals surface area contributed by atoms with E-state index in [9.17, 15) is 22.8 Å². The van der Waals surface area contributed by atoms with Crippen LogP contribution in [0, 0.1) is 3.57 Å². The van der Waals surface area contributed by atoms with Gasteiger partial charge in [-0.25, -0.2) is 9.48 Å². The minimum atomic E-state index is -4.71. The summed E-state index contributed by atoms with van der Waals surface area (Å²) in [6.45, 7) is -0.171. The Hall–Kier alpha value is -1.85. The van der Waals surface area contributed by atoms with Gasteiger partial charge in [-0.1, -0.05) is 12.1 Å². The molecule has 0 saturated heterocycles. The largest absolute Gasteiger partial charge is 0.451 e. The van der Waals surface area contributed by atoms with Gasteiger partial charge in [-0.2, -0.15) is 13.2 Å². The average molecular weight is 440 g/mol. The number of amides is 1. The van der Waals surface area contributed by atoms with Gasteiger partial charge in [0.05, 0.1) is 12.1 Å². The van der Waals surface area contributed by atoms with E-state index in [0.29, 0.717) is 14.8 Å². The average Bonchev–Trinajstić information content (AvgIpc) is 2.76. The summed E-state index contributed by atoms with van der Waals surface area (Å²) in [7, 11) is 1.000. The highest BCUT2D eigenvalue weighted by atomic mass is 127. The van der Waals surface area contributed by atoms with Gasteiger partial charge in [-0.3, -0.25) is 9.36 Å². The summed E-state index contributed by atoms with van der Waals surface area (Å²) < 4.78 is 39.8. The summed E-state index contributed by atoms with van der Waals surface area (Å²) in [5.74, 6) is -1.64. The van der Waals surface area contributed by atoms with Gasteiger partial charge in [0.25, 0.3) is 5.91 Å². The van der Waals surface area contributed by atoms with Crippen LogP contribution in [-0.2, 0) is 19.8 Å². The smallest absolute Gasteiger partial charge is 0.350 e. The van der Waals surface area contributed by atoms with Crippen LogP contribution in [0.25, 0.3) is 0 Å². The number of hydrogen-bond donors (Lipinski definition) is 1. The van der Waals surface area contributed by atoms with Crippen molar-refractivity contribution in [1.29, 1.82) is 0 Å². The first-order chi connectivity index (χ1) is 10.7. The summed E-state index contributed by atoms with van der Waals surface area (Å²) in [4.78, 5) is 23.6. The van der Waals surface area contributed by atoms with Crippen LogP contribution in [0.3, 0.4) is 0 Å². The van der Waals surface area contributed by atoms with Gasteiger partial charge in [0.1, 0.15) is 0 Å². The Labute approximate surface area is 142 Å². The first kappa shape index (κ1) is 17.5. The molecule has 1 heterocycles. The van der Waals surface area contributed by atoms with Crippen molar-refractivity contribution in [3.8, 4) is 0 Å². The summed E-state index contributed by atoms with van der Waals surface area (Å²) in [5.41, 5.74) is -0.432. The number of halogens is 4. The van der Waals surface area contributed by atoms with Crippen LogP contribution >= 0.6 is 22.6 Å². The Balaban J connectivity index is 2.04. The molecule has 10 heteroatoms. The third kappa shape index (κ3) is 3.92. The lowest BCUT2D eigenvalue weighted by Crippen LogP contribution is -2.32. The van der Waals surface area contributed by atoms with Crippen LogP contribution in [0.2, 0.25) is 0 Å². The fraction of sp³-hybridized carbons (Fsp3) is 0.308. The fourth-order valence-corrected chi connectivity index (χ4v) is 2.53. The zero-order valence-electron chi connectivity index (χ0n) is 11.9. The minimum absolute atomic E-state index is 0.0158. The molecule has 0 spiro atoms. The Bertz CT molecular complexity index is 782. The maximum atomic E-state index is 12.7. The zero-order valence-corrected chi connectivity index (χ0v) is 14.1. The SMILES string of the molecule is Cn1c(C(F)(F)F)nn(CCNC(=O)c2ccccc2I)c1=O. The van der Waals surface area contributed by atoms with Gasteiger partial charge in [0.15, 0.2) is 0 Å². The maximum absolute atomic E-state index is 12.7. The van der Waals surface area contributed by atoms with Crippen molar-refractivity contribution < 1.29 is 18.0 Å². The molecule has 1 aromatic carbocycles. The van der Waals surface area contributed by atoms with Crippen LogP contribution < -0.4 is 11.0 Å². The second-order valence-corrected chi connectivity index (χ2v) is 5.78. The molecule has 2 rings (SSSR count). The lowest BCUT2D eigenvalue weighted by Gasteiger charge is -2.06. The highest BCUT2D eigenvalue weighted by Crippen LogP contribution is 2.25. The van der Waals surface area contributed by atoms with E-state index in [1.54, 1.807) is 24.3 Å². The van der Waals surface area contributed by atoms with Crippen molar-refractivity contribution in [2.24, 2.45) is 7.05 Å². The number of nitrogens with zero attached hydrogens (tertiary/aromatic N) is 3. The number of carbonyl (C=O) groups excluding carboxylic acids is 1. The van der Waals surface area contributed by atoms with Gasteiger partial charge in [-0.05, 0) is 34.7 Å². The topological polar surface area (TPSA) is 68.9 Å². The third-order valence-corrected chi connectivity index (χ3v) is 3.96. The molecule has 0 saturated carbocycles. The third-order valence-electron chi connectivity index (χ3n) is 3.02. The molecule has 1 amide bonds. The van der Waals surface area contributed by atoms with Crippen LogP contribution in [0.15, 0.2) is 29.1 Å². The maximum Gasteiger partial charge on any atom is 0.451 e. The summed E-state index contributed by atoms with van der Waals surface area (Å²) >= 11 is 2.00. The molecule has 0 bridgehead atoms. The van der Waals surface area contributed by atoms with E-state index >= 15 is 0 Å². The molecule has 0 aliphatic rings. The molecule has 23 heavy (non-hydrogen) atoms. The molecule has 124 valence electrons. The normalized spacial score (nSPS) is 11.5. The summed E-state index contributed by atoms with van der Waals surface area (Å²) in [6, 6.07) is 6.88. The molecule has 0 atom stereocenters. The fourth-order valence-electron chi connectivity index (χ4n) is 1.90. The Morgan fingerprint density at radius 1 is 1.35 bits per heavy atom. The molecule has 0 radical (unpaired) electrons. The standard InChI is InChI=1S/C13H12F3IN4O2/c1-20-11(13(14,15)16)19-21(12(20)23)7-6-18-10(22)8-4-2-3-5-9(8)17/h2-5H,6-7H2,1H3,(H,18,22). The Morgan fingerprint density at radius 3 is 2.57 bits per heavy atom. The van der Waals surface area contributed by atoms with Crippen molar-refractivity contribution in [1.82, 2.24) is 19.7 Å². The first-order valence-electron chi connectivity index (χ1n) is 6.45. The van der Waals surface area contributed by atoms with E-state index in [-0.39, 0.29) is 19.0 Å². The highest BCUT2D eigenvalue weighted by Gasteiger charge is 2.37. The molecule has 0 aliphatic carbocycles. The molecule has 0 unspecified atom stereocenters. The number of alkyl halides is 3. The van der Waals surface area contributed by atoms with E-state index in [2.05, 4.69) is 10.4 Å². The molecule has 1 aromatic heterocycles. The predicted octanol–water partition coefficient (Wildman–Crippen LogP) is 1.64. The zero-order chi connectivity index (χ0) is 17.2. The van der Waals surface area contributed by atoms with Crippen molar-refractivity contribution in [2.45, 2.75) is 12.7 Å². The number of hydrogen-bond acceptors (Lipinski definition) is 3. The van der Waals surface area contributed by atoms with Gasteiger partial charge in [0.2, 0.25) is 5.82 Å². The van der Waals surface area contributed by atoms with Crippen LogP contribution in [0.1, 0.15) is 16.2 Å². The van der Waals surface area contributed by atoms with Gasteiger partial charge in [0, 0.05) is 17.2 Å². The quantitative estimate of drug-likeness (QED) is 0.736. The van der Waals surface area contributed by atoms with E-state index < -0.39 is 17.7 Å². The van der Waals surface area contributed by atoms with E-state index in [1.165, 1.54) is 0 Å². The number of rotatable bonds is 4. The monoisotopic (exact) mass is 440 g/mol. The van der Waals surface area contributed by atoms with E-state index in [4.69, 9.17) is 0 Å². The number of benzene rings is 1. The van der Waals surface area contributed by atoms with E-state index in [0.717, 1.165) is 10.6 Å².